The molecule has 1 amide bonds. The molecule has 0 unspecified atom stereocenters. The third-order valence-electron chi connectivity index (χ3n) is 5.44. The fraction of sp³-hybridized carbons (Fsp3) is 0.261. The maximum Gasteiger partial charge on any atom is 0.250 e. The molecule has 0 radical (unpaired) electrons. The van der Waals surface area contributed by atoms with Crippen molar-refractivity contribution in [3.05, 3.63) is 74.9 Å². The van der Waals surface area contributed by atoms with Gasteiger partial charge in [-0.2, -0.15) is 0 Å². The Morgan fingerprint density at radius 1 is 1.22 bits per heavy atom. The standard InChI is InChI=1S/C23H24IN5O2S/c1-13-19(20(24)14(2)26-13)22-21(17-6-4-5-11-25-17)28-23(32)29(22)16-9-7-15(8-10-16)27-18(30)12-31-3/h4-11,21-22,26H,12H2,1-3H3,(H,27,30)(H,28,32)/t21-,22-/m1/s1. The Morgan fingerprint density at radius 3 is 2.56 bits per heavy atom. The summed E-state index contributed by atoms with van der Waals surface area (Å²) in [4.78, 5) is 22.0. The third-order valence-corrected chi connectivity index (χ3v) is 7.15. The average molecular weight is 561 g/mol. The summed E-state index contributed by atoms with van der Waals surface area (Å²) in [5, 5.41) is 6.94. The highest BCUT2D eigenvalue weighted by molar-refractivity contribution is 14.1. The van der Waals surface area contributed by atoms with E-state index in [4.69, 9.17) is 17.0 Å². The number of benzene rings is 1. The van der Waals surface area contributed by atoms with Crippen molar-refractivity contribution in [2.45, 2.75) is 25.9 Å². The van der Waals surface area contributed by atoms with E-state index < -0.39 is 0 Å². The van der Waals surface area contributed by atoms with E-state index in [0.717, 1.165) is 22.8 Å². The van der Waals surface area contributed by atoms with Gasteiger partial charge in [0, 0.05) is 45.2 Å². The lowest BCUT2D eigenvalue weighted by atomic mass is 9.96. The highest BCUT2D eigenvalue weighted by Gasteiger charge is 2.42. The summed E-state index contributed by atoms with van der Waals surface area (Å²) in [5.41, 5.74) is 6.01. The number of methoxy groups -OCH3 is 1. The van der Waals surface area contributed by atoms with E-state index >= 15 is 0 Å². The molecule has 1 aliphatic rings. The number of hydrogen-bond donors (Lipinski definition) is 3. The average Bonchev–Trinajstić information content (AvgIpc) is 3.24. The van der Waals surface area contributed by atoms with Crippen LogP contribution < -0.4 is 15.5 Å². The zero-order chi connectivity index (χ0) is 22.8. The molecule has 3 heterocycles. The smallest absolute Gasteiger partial charge is 0.250 e. The molecule has 0 aliphatic carbocycles. The molecule has 0 spiro atoms. The Bertz CT molecular complexity index is 1130. The fourth-order valence-corrected chi connectivity index (χ4v) is 5.29. The van der Waals surface area contributed by atoms with E-state index in [0.29, 0.717) is 10.8 Å². The van der Waals surface area contributed by atoms with Gasteiger partial charge < -0.3 is 25.3 Å². The van der Waals surface area contributed by atoms with Gasteiger partial charge in [0.05, 0.1) is 17.8 Å². The van der Waals surface area contributed by atoms with Gasteiger partial charge in [0.25, 0.3) is 0 Å². The molecule has 3 N–H and O–H groups in total. The van der Waals surface area contributed by atoms with Gasteiger partial charge in [0.2, 0.25) is 5.91 Å². The van der Waals surface area contributed by atoms with Gasteiger partial charge in [0.15, 0.2) is 5.11 Å². The van der Waals surface area contributed by atoms with Crippen LogP contribution in [-0.2, 0) is 9.53 Å². The van der Waals surface area contributed by atoms with Crippen LogP contribution in [0.1, 0.15) is 34.7 Å². The molecule has 1 saturated heterocycles. The fourth-order valence-electron chi connectivity index (χ4n) is 4.08. The van der Waals surface area contributed by atoms with Gasteiger partial charge >= 0.3 is 0 Å². The van der Waals surface area contributed by atoms with Crippen molar-refractivity contribution in [3.8, 4) is 0 Å². The summed E-state index contributed by atoms with van der Waals surface area (Å²) < 4.78 is 6.07. The number of ether oxygens (including phenoxy) is 1. The predicted molar refractivity (Wildman–Crippen MR) is 138 cm³/mol. The quantitative estimate of drug-likeness (QED) is 0.306. The number of H-pyrrole nitrogens is 1. The Morgan fingerprint density at radius 2 is 1.97 bits per heavy atom. The third kappa shape index (κ3) is 4.37. The molecular formula is C23H24IN5O2S. The number of carbonyl (C=O) groups excluding carboxylic acids is 1. The summed E-state index contributed by atoms with van der Waals surface area (Å²) in [6, 6.07) is 13.4. The summed E-state index contributed by atoms with van der Waals surface area (Å²) >= 11 is 8.19. The molecule has 3 aromatic rings. The van der Waals surface area contributed by atoms with Crippen LogP contribution in [-0.4, -0.2) is 34.7 Å². The molecule has 2 atom stereocenters. The van der Waals surface area contributed by atoms with Gasteiger partial charge in [-0.15, -0.1) is 0 Å². The summed E-state index contributed by atoms with van der Waals surface area (Å²) in [5.74, 6) is -0.195. The molecule has 2 aromatic heterocycles. The Balaban J connectivity index is 1.74. The Hall–Kier alpha value is -2.50. The second-order valence-corrected chi connectivity index (χ2v) is 9.09. The number of rotatable bonds is 6. The summed E-state index contributed by atoms with van der Waals surface area (Å²) in [6.07, 6.45) is 1.80. The van der Waals surface area contributed by atoms with E-state index in [1.165, 1.54) is 16.2 Å². The van der Waals surface area contributed by atoms with E-state index in [1.807, 2.05) is 42.5 Å². The lowest BCUT2D eigenvalue weighted by Crippen LogP contribution is -2.29. The van der Waals surface area contributed by atoms with Crippen molar-refractivity contribution in [1.29, 1.82) is 0 Å². The van der Waals surface area contributed by atoms with Crippen LogP contribution in [0.3, 0.4) is 0 Å². The SMILES string of the molecule is COCC(=O)Nc1ccc(N2C(=S)N[C@H](c3ccccn3)[C@H]2c2c(C)[nH]c(C)c2I)cc1. The van der Waals surface area contributed by atoms with Crippen molar-refractivity contribution >= 4 is 57.2 Å². The highest BCUT2D eigenvalue weighted by atomic mass is 127. The van der Waals surface area contributed by atoms with E-state index in [-0.39, 0.29) is 24.6 Å². The number of aromatic amines is 1. The first-order valence-corrected chi connectivity index (χ1v) is 11.6. The minimum Gasteiger partial charge on any atom is -0.375 e. The van der Waals surface area contributed by atoms with Gasteiger partial charge in [-0.1, -0.05) is 6.07 Å². The largest absolute Gasteiger partial charge is 0.375 e. The Kier molecular flexibility index (Phi) is 6.77. The first-order valence-electron chi connectivity index (χ1n) is 10.1. The zero-order valence-corrected chi connectivity index (χ0v) is 21.0. The van der Waals surface area contributed by atoms with Gasteiger partial charge in [-0.25, -0.2) is 0 Å². The van der Waals surface area contributed by atoms with Crippen LogP contribution in [0.2, 0.25) is 0 Å². The molecule has 1 aromatic carbocycles. The van der Waals surface area contributed by atoms with Crippen molar-refractivity contribution in [1.82, 2.24) is 15.3 Å². The second kappa shape index (κ2) is 9.55. The maximum absolute atomic E-state index is 11.8. The molecule has 7 nitrogen and oxygen atoms in total. The van der Waals surface area contributed by atoms with Crippen LogP contribution in [0.5, 0.6) is 0 Å². The van der Waals surface area contributed by atoms with E-state index in [2.05, 4.69) is 61.9 Å². The molecule has 0 bridgehead atoms. The zero-order valence-electron chi connectivity index (χ0n) is 18.0. The summed E-state index contributed by atoms with van der Waals surface area (Å²) in [6.45, 7) is 4.19. The number of amides is 1. The highest BCUT2D eigenvalue weighted by Crippen LogP contribution is 2.44. The second-order valence-electron chi connectivity index (χ2n) is 7.63. The van der Waals surface area contributed by atoms with E-state index in [1.54, 1.807) is 6.20 Å². The molecule has 4 rings (SSSR count). The number of aromatic nitrogens is 2. The number of pyridine rings is 1. The Labute approximate surface area is 206 Å². The number of aryl methyl sites for hydroxylation is 2. The number of nitrogens with zero attached hydrogens (tertiary/aromatic N) is 2. The summed E-state index contributed by atoms with van der Waals surface area (Å²) in [7, 11) is 1.49. The number of nitrogens with one attached hydrogen (secondary N) is 3. The van der Waals surface area contributed by atoms with Crippen LogP contribution in [0.4, 0.5) is 11.4 Å². The maximum atomic E-state index is 11.8. The van der Waals surface area contributed by atoms with Crippen LogP contribution in [0.25, 0.3) is 0 Å². The number of carbonyl (C=O) groups is 1. The molecule has 32 heavy (non-hydrogen) atoms. The minimum atomic E-state index is -0.195. The minimum absolute atomic E-state index is 0.0142. The number of halogens is 1. The number of thiocarbonyl (C=S) groups is 1. The van der Waals surface area contributed by atoms with Crippen LogP contribution in [0.15, 0.2) is 48.7 Å². The normalized spacial score (nSPS) is 18.0. The molecular weight excluding hydrogens is 537 g/mol. The molecule has 0 saturated carbocycles. The lowest BCUT2D eigenvalue weighted by molar-refractivity contribution is -0.119. The first-order chi connectivity index (χ1) is 15.4. The molecule has 1 aliphatic heterocycles. The van der Waals surface area contributed by atoms with Gasteiger partial charge in [-0.3, -0.25) is 9.78 Å². The van der Waals surface area contributed by atoms with Crippen molar-refractivity contribution < 1.29 is 9.53 Å². The molecule has 9 heteroatoms. The van der Waals surface area contributed by atoms with Gasteiger partial charge in [0.1, 0.15) is 6.61 Å². The molecule has 1 fully saturated rings. The number of hydrogen-bond acceptors (Lipinski definition) is 4. The monoisotopic (exact) mass is 561 g/mol. The van der Waals surface area contributed by atoms with Crippen LogP contribution >= 0.6 is 34.8 Å². The first kappa shape index (κ1) is 22.7. The van der Waals surface area contributed by atoms with E-state index in [9.17, 15) is 4.79 Å². The molecule has 166 valence electrons. The topological polar surface area (TPSA) is 82.3 Å². The van der Waals surface area contributed by atoms with Crippen molar-refractivity contribution in [2.24, 2.45) is 0 Å². The van der Waals surface area contributed by atoms with Crippen molar-refractivity contribution in [3.63, 3.8) is 0 Å². The number of anilines is 2. The lowest BCUT2D eigenvalue weighted by Gasteiger charge is -2.28. The predicted octanol–water partition coefficient (Wildman–Crippen LogP) is 4.39. The van der Waals surface area contributed by atoms with Crippen molar-refractivity contribution in [2.75, 3.05) is 23.9 Å². The van der Waals surface area contributed by atoms with Gasteiger partial charge in [-0.05, 0) is 85.1 Å². The van der Waals surface area contributed by atoms with Crippen LogP contribution in [0, 0.1) is 17.4 Å².